The predicted octanol–water partition coefficient (Wildman–Crippen LogP) is 1.20. The van der Waals surface area contributed by atoms with Crippen molar-refractivity contribution in [2.75, 3.05) is 27.2 Å². The number of hydrogen-bond donors (Lipinski definition) is 1. The summed E-state index contributed by atoms with van der Waals surface area (Å²) in [5.74, 6) is -0.149. The van der Waals surface area contributed by atoms with E-state index in [-0.39, 0.29) is 24.8 Å². The zero-order chi connectivity index (χ0) is 12.8. The zero-order valence-corrected chi connectivity index (χ0v) is 10.6. The minimum absolute atomic E-state index is 0.0342. The first kappa shape index (κ1) is 13.7. The molecule has 1 rings (SSSR count). The van der Waals surface area contributed by atoms with Gasteiger partial charge in [0.2, 0.25) is 5.91 Å². The van der Waals surface area contributed by atoms with Gasteiger partial charge in [-0.2, -0.15) is 0 Å². The van der Waals surface area contributed by atoms with Gasteiger partial charge >= 0.3 is 0 Å². The summed E-state index contributed by atoms with van der Waals surface area (Å²) in [6.07, 6.45) is 0. The van der Waals surface area contributed by atoms with E-state index < -0.39 is 0 Å². The van der Waals surface area contributed by atoms with Crippen molar-refractivity contribution in [3.8, 4) is 0 Å². The Bertz CT molecular complexity index is 403. The van der Waals surface area contributed by atoms with E-state index in [9.17, 15) is 9.59 Å². The summed E-state index contributed by atoms with van der Waals surface area (Å²) in [6, 6.07) is 6.71. The number of nitrogens with zero attached hydrogens (tertiary/aromatic N) is 1. The van der Waals surface area contributed by atoms with Crippen LogP contribution in [0.25, 0.3) is 0 Å². The molecule has 0 bridgehead atoms. The first-order chi connectivity index (χ1) is 8.02. The molecule has 0 aliphatic heterocycles. The molecule has 1 amide bonds. The average Bonchev–Trinajstić information content (AvgIpc) is 2.29. The Morgan fingerprint density at radius 2 is 1.82 bits per heavy atom. The van der Waals surface area contributed by atoms with Crippen molar-refractivity contribution in [2.24, 2.45) is 0 Å². The summed E-state index contributed by atoms with van der Waals surface area (Å²) in [6.45, 7) is 0.408. The quantitative estimate of drug-likeness (QED) is 0.804. The summed E-state index contributed by atoms with van der Waals surface area (Å²) < 4.78 is 0. The second kappa shape index (κ2) is 6.37. The van der Waals surface area contributed by atoms with Crippen LogP contribution < -0.4 is 5.32 Å². The number of amides is 1. The highest BCUT2D eigenvalue weighted by Crippen LogP contribution is 2.10. The molecular weight excluding hydrogens is 240 g/mol. The molecule has 1 aromatic carbocycles. The van der Waals surface area contributed by atoms with Gasteiger partial charge in [0, 0.05) is 17.6 Å². The Morgan fingerprint density at radius 1 is 1.24 bits per heavy atom. The van der Waals surface area contributed by atoms with E-state index in [4.69, 9.17) is 11.6 Å². The maximum atomic E-state index is 11.8. The van der Waals surface area contributed by atoms with Gasteiger partial charge in [0.15, 0.2) is 5.78 Å². The van der Waals surface area contributed by atoms with Crippen molar-refractivity contribution >= 4 is 23.3 Å². The topological polar surface area (TPSA) is 49.4 Å². The van der Waals surface area contributed by atoms with Gasteiger partial charge in [-0.1, -0.05) is 11.6 Å². The van der Waals surface area contributed by atoms with E-state index in [1.807, 2.05) is 0 Å². The van der Waals surface area contributed by atoms with Crippen LogP contribution >= 0.6 is 11.6 Å². The van der Waals surface area contributed by atoms with Crippen LogP contribution in [0.4, 0.5) is 0 Å². The standard InChI is InChI=1S/C12H15ClN2O2/c1-14-12(17)8-15(2)7-11(16)9-3-5-10(13)6-4-9/h3-6H,7-8H2,1-2H3,(H,14,17). The van der Waals surface area contributed by atoms with E-state index in [1.165, 1.54) is 0 Å². The molecule has 4 nitrogen and oxygen atoms in total. The second-order valence-corrected chi connectivity index (χ2v) is 4.21. The van der Waals surface area contributed by atoms with Gasteiger partial charge in [-0.15, -0.1) is 0 Å². The van der Waals surface area contributed by atoms with Gasteiger partial charge in [-0.25, -0.2) is 0 Å². The highest BCUT2D eigenvalue weighted by Gasteiger charge is 2.11. The molecule has 0 radical (unpaired) electrons. The fourth-order valence-electron chi connectivity index (χ4n) is 1.35. The number of carbonyl (C=O) groups is 2. The molecular formula is C12H15ClN2O2. The third-order valence-electron chi connectivity index (χ3n) is 2.27. The van der Waals surface area contributed by atoms with Crippen LogP contribution in [-0.2, 0) is 4.79 Å². The molecule has 0 fully saturated rings. The summed E-state index contributed by atoms with van der Waals surface area (Å²) in [4.78, 5) is 24.6. The second-order valence-electron chi connectivity index (χ2n) is 3.78. The van der Waals surface area contributed by atoms with Crippen LogP contribution in [0.5, 0.6) is 0 Å². The zero-order valence-electron chi connectivity index (χ0n) is 9.87. The number of hydrogen-bond acceptors (Lipinski definition) is 3. The van der Waals surface area contributed by atoms with E-state index in [2.05, 4.69) is 5.32 Å². The molecule has 0 aliphatic rings. The normalized spacial score (nSPS) is 10.4. The molecule has 0 heterocycles. The average molecular weight is 255 g/mol. The minimum Gasteiger partial charge on any atom is -0.358 e. The van der Waals surface area contributed by atoms with Crippen LogP contribution in [0.1, 0.15) is 10.4 Å². The molecule has 0 aliphatic carbocycles. The van der Waals surface area contributed by atoms with Crippen LogP contribution in [-0.4, -0.2) is 43.8 Å². The Morgan fingerprint density at radius 3 is 2.35 bits per heavy atom. The summed E-state index contributed by atoms with van der Waals surface area (Å²) in [7, 11) is 3.29. The third kappa shape index (κ3) is 4.54. The highest BCUT2D eigenvalue weighted by molar-refractivity contribution is 6.30. The molecule has 0 unspecified atom stereocenters. The van der Waals surface area contributed by atoms with Gasteiger partial charge in [0.25, 0.3) is 0 Å². The molecule has 1 N–H and O–H groups in total. The van der Waals surface area contributed by atoms with Crippen LogP contribution in [0, 0.1) is 0 Å². The molecule has 0 saturated carbocycles. The lowest BCUT2D eigenvalue weighted by molar-refractivity contribution is -0.121. The first-order valence-corrected chi connectivity index (χ1v) is 5.58. The number of Topliss-reactive ketones (excluding diaryl/α,β-unsaturated/α-hetero) is 1. The Kier molecular flexibility index (Phi) is 5.12. The summed E-state index contributed by atoms with van der Waals surface area (Å²) in [5.41, 5.74) is 0.596. The van der Waals surface area contributed by atoms with Gasteiger partial charge < -0.3 is 5.32 Å². The molecule has 0 atom stereocenters. The van der Waals surface area contributed by atoms with Crippen LogP contribution in [0.15, 0.2) is 24.3 Å². The number of ketones is 1. The van der Waals surface area contributed by atoms with Crippen LogP contribution in [0.3, 0.4) is 0 Å². The number of likely N-dealkylation sites (N-methyl/N-ethyl adjacent to an activating group) is 2. The SMILES string of the molecule is CNC(=O)CN(C)CC(=O)c1ccc(Cl)cc1. The number of carbonyl (C=O) groups excluding carboxylic acids is 2. The van der Waals surface area contributed by atoms with Crippen molar-refractivity contribution < 1.29 is 9.59 Å². The highest BCUT2D eigenvalue weighted by atomic mass is 35.5. The minimum atomic E-state index is -0.114. The molecule has 92 valence electrons. The Balaban J connectivity index is 2.54. The lowest BCUT2D eigenvalue weighted by atomic mass is 10.1. The number of rotatable bonds is 5. The third-order valence-corrected chi connectivity index (χ3v) is 2.52. The van der Waals surface area contributed by atoms with Crippen molar-refractivity contribution in [3.63, 3.8) is 0 Å². The lowest BCUT2D eigenvalue weighted by Gasteiger charge is -2.14. The Hall–Kier alpha value is -1.39. The van der Waals surface area contributed by atoms with Crippen molar-refractivity contribution in [1.82, 2.24) is 10.2 Å². The molecule has 0 spiro atoms. The summed E-state index contributed by atoms with van der Waals surface area (Å²) >= 11 is 5.74. The molecule has 0 saturated heterocycles. The van der Waals surface area contributed by atoms with Crippen molar-refractivity contribution in [2.45, 2.75) is 0 Å². The summed E-state index contributed by atoms with van der Waals surface area (Å²) in [5, 5.41) is 3.10. The molecule has 17 heavy (non-hydrogen) atoms. The van der Waals surface area contributed by atoms with Crippen molar-refractivity contribution in [1.29, 1.82) is 0 Å². The predicted molar refractivity (Wildman–Crippen MR) is 67.3 cm³/mol. The fraction of sp³-hybridized carbons (Fsp3) is 0.333. The lowest BCUT2D eigenvalue weighted by Crippen LogP contribution is -2.36. The number of nitrogens with one attached hydrogen (secondary N) is 1. The fourth-order valence-corrected chi connectivity index (χ4v) is 1.48. The first-order valence-electron chi connectivity index (χ1n) is 5.21. The van der Waals surface area contributed by atoms with Gasteiger partial charge in [0.05, 0.1) is 13.1 Å². The maximum absolute atomic E-state index is 11.8. The van der Waals surface area contributed by atoms with Crippen molar-refractivity contribution in [3.05, 3.63) is 34.9 Å². The van der Waals surface area contributed by atoms with E-state index in [1.54, 1.807) is 43.3 Å². The van der Waals surface area contributed by atoms with Gasteiger partial charge in [-0.3, -0.25) is 14.5 Å². The molecule has 5 heteroatoms. The van der Waals surface area contributed by atoms with Crippen LogP contribution in [0.2, 0.25) is 5.02 Å². The Labute approximate surface area is 106 Å². The molecule has 1 aromatic rings. The van der Waals surface area contributed by atoms with Gasteiger partial charge in [-0.05, 0) is 31.3 Å². The maximum Gasteiger partial charge on any atom is 0.233 e. The monoisotopic (exact) mass is 254 g/mol. The van der Waals surface area contributed by atoms with E-state index >= 15 is 0 Å². The largest absolute Gasteiger partial charge is 0.358 e. The van der Waals surface area contributed by atoms with E-state index in [0.717, 1.165) is 0 Å². The van der Waals surface area contributed by atoms with E-state index in [0.29, 0.717) is 10.6 Å². The number of benzene rings is 1. The molecule has 0 aromatic heterocycles. The number of halogens is 1. The van der Waals surface area contributed by atoms with Gasteiger partial charge in [0.1, 0.15) is 0 Å². The smallest absolute Gasteiger partial charge is 0.233 e.